The number of hydrogen-bond acceptors (Lipinski definition) is 3. The zero-order valence-corrected chi connectivity index (χ0v) is 12.8. The van der Waals surface area contributed by atoms with Gasteiger partial charge in [0, 0.05) is 17.5 Å². The number of nitrogens with one attached hydrogen (secondary N) is 1. The summed E-state index contributed by atoms with van der Waals surface area (Å²) in [6.07, 6.45) is 1.42. The molecule has 1 N–H and O–H groups in total. The van der Waals surface area contributed by atoms with E-state index in [-0.39, 0.29) is 12.5 Å². The Morgan fingerprint density at radius 1 is 1.36 bits per heavy atom. The van der Waals surface area contributed by atoms with Gasteiger partial charge in [0.25, 0.3) is 0 Å². The van der Waals surface area contributed by atoms with Crippen molar-refractivity contribution >= 4 is 22.9 Å². The van der Waals surface area contributed by atoms with Crippen molar-refractivity contribution in [2.45, 2.75) is 19.4 Å². The SMILES string of the molecule is O=C(CN1CCCc2cc(F)cc(F)c21)NCc1cccs1. The maximum atomic E-state index is 14.0. The third-order valence-electron chi connectivity index (χ3n) is 3.67. The fraction of sp³-hybridized carbons (Fsp3) is 0.312. The van der Waals surface area contributed by atoms with E-state index in [4.69, 9.17) is 0 Å². The largest absolute Gasteiger partial charge is 0.360 e. The smallest absolute Gasteiger partial charge is 0.239 e. The van der Waals surface area contributed by atoms with E-state index in [1.54, 1.807) is 16.2 Å². The highest BCUT2D eigenvalue weighted by atomic mass is 32.1. The van der Waals surface area contributed by atoms with Crippen molar-refractivity contribution in [2.24, 2.45) is 0 Å². The number of carbonyl (C=O) groups excluding carboxylic acids is 1. The zero-order chi connectivity index (χ0) is 15.5. The van der Waals surface area contributed by atoms with Gasteiger partial charge in [-0.3, -0.25) is 4.79 Å². The molecule has 1 aromatic carbocycles. The summed E-state index contributed by atoms with van der Waals surface area (Å²) >= 11 is 1.57. The van der Waals surface area contributed by atoms with Gasteiger partial charge in [-0.05, 0) is 35.9 Å². The first-order chi connectivity index (χ1) is 10.6. The quantitative estimate of drug-likeness (QED) is 0.938. The highest BCUT2D eigenvalue weighted by Gasteiger charge is 2.23. The summed E-state index contributed by atoms with van der Waals surface area (Å²) in [5.41, 5.74) is 0.994. The number of thiophene rings is 1. The van der Waals surface area contributed by atoms with Crippen LogP contribution in [-0.4, -0.2) is 19.0 Å². The predicted molar refractivity (Wildman–Crippen MR) is 83.1 cm³/mol. The van der Waals surface area contributed by atoms with E-state index >= 15 is 0 Å². The topological polar surface area (TPSA) is 32.3 Å². The lowest BCUT2D eigenvalue weighted by molar-refractivity contribution is -0.119. The standard InChI is InChI=1S/C16H16F2N2OS/c17-12-7-11-3-1-5-20(16(11)14(18)8-12)10-15(21)19-9-13-4-2-6-22-13/h2,4,6-8H,1,3,5,9-10H2,(H,19,21). The van der Waals surface area contributed by atoms with Crippen LogP contribution in [0, 0.1) is 11.6 Å². The Hall–Kier alpha value is -1.95. The van der Waals surface area contributed by atoms with E-state index in [9.17, 15) is 13.6 Å². The van der Waals surface area contributed by atoms with Crippen LogP contribution in [-0.2, 0) is 17.8 Å². The monoisotopic (exact) mass is 322 g/mol. The summed E-state index contributed by atoms with van der Waals surface area (Å²) in [5, 5.41) is 4.78. The molecule has 3 rings (SSSR count). The number of hydrogen-bond donors (Lipinski definition) is 1. The molecule has 6 heteroatoms. The van der Waals surface area contributed by atoms with Crippen molar-refractivity contribution in [1.29, 1.82) is 0 Å². The molecular weight excluding hydrogens is 306 g/mol. The normalized spacial score (nSPS) is 13.8. The molecule has 2 aromatic rings. The number of aryl methyl sites for hydroxylation is 1. The van der Waals surface area contributed by atoms with Gasteiger partial charge in [-0.1, -0.05) is 6.07 Å². The van der Waals surface area contributed by atoms with Gasteiger partial charge >= 0.3 is 0 Å². The summed E-state index contributed by atoms with van der Waals surface area (Å²) in [4.78, 5) is 14.8. The van der Waals surface area contributed by atoms with Crippen LogP contribution in [0.1, 0.15) is 16.9 Å². The highest BCUT2D eigenvalue weighted by molar-refractivity contribution is 7.09. The average Bonchev–Trinajstić information content (AvgIpc) is 2.98. The molecule has 3 nitrogen and oxygen atoms in total. The van der Waals surface area contributed by atoms with Gasteiger partial charge in [-0.15, -0.1) is 11.3 Å². The fourth-order valence-electron chi connectivity index (χ4n) is 2.72. The number of fused-ring (bicyclic) bond motifs is 1. The second kappa shape index (κ2) is 6.44. The maximum absolute atomic E-state index is 14.0. The van der Waals surface area contributed by atoms with Crippen molar-refractivity contribution in [3.05, 3.63) is 51.7 Å². The minimum atomic E-state index is -0.597. The Bertz CT molecular complexity index is 673. The summed E-state index contributed by atoms with van der Waals surface area (Å²) in [6.45, 7) is 1.16. The Kier molecular flexibility index (Phi) is 4.38. The van der Waals surface area contributed by atoms with Crippen LogP contribution in [0.15, 0.2) is 29.6 Å². The minimum absolute atomic E-state index is 0.0843. The summed E-state index contributed by atoms with van der Waals surface area (Å²) < 4.78 is 27.3. The molecule has 116 valence electrons. The molecule has 0 aliphatic carbocycles. The fourth-order valence-corrected chi connectivity index (χ4v) is 3.37. The Morgan fingerprint density at radius 3 is 3.00 bits per heavy atom. The number of benzene rings is 1. The molecule has 0 unspecified atom stereocenters. The number of amides is 1. The predicted octanol–water partition coefficient (Wildman–Crippen LogP) is 3.10. The zero-order valence-electron chi connectivity index (χ0n) is 11.9. The molecule has 2 heterocycles. The lowest BCUT2D eigenvalue weighted by Gasteiger charge is -2.31. The lowest BCUT2D eigenvalue weighted by Crippen LogP contribution is -2.40. The van der Waals surface area contributed by atoms with Crippen molar-refractivity contribution < 1.29 is 13.6 Å². The van der Waals surface area contributed by atoms with E-state index < -0.39 is 11.6 Å². The molecule has 0 saturated heterocycles. The van der Waals surface area contributed by atoms with Gasteiger partial charge in [-0.2, -0.15) is 0 Å². The van der Waals surface area contributed by atoms with Gasteiger partial charge in [0.1, 0.15) is 11.6 Å². The number of carbonyl (C=O) groups is 1. The molecule has 22 heavy (non-hydrogen) atoms. The molecule has 0 bridgehead atoms. The van der Waals surface area contributed by atoms with Gasteiger partial charge in [0.15, 0.2) is 0 Å². The van der Waals surface area contributed by atoms with E-state index in [2.05, 4.69) is 5.32 Å². The number of anilines is 1. The maximum Gasteiger partial charge on any atom is 0.239 e. The van der Waals surface area contributed by atoms with Gasteiger partial charge in [-0.25, -0.2) is 8.78 Å². The minimum Gasteiger partial charge on any atom is -0.360 e. The summed E-state index contributed by atoms with van der Waals surface area (Å²) in [5.74, 6) is -1.33. The van der Waals surface area contributed by atoms with Crippen molar-refractivity contribution in [3.8, 4) is 0 Å². The number of nitrogens with zero attached hydrogens (tertiary/aromatic N) is 1. The second-order valence-electron chi connectivity index (χ2n) is 5.28. The van der Waals surface area contributed by atoms with E-state index in [1.807, 2.05) is 17.5 Å². The molecule has 1 aromatic heterocycles. The second-order valence-corrected chi connectivity index (χ2v) is 6.31. The molecule has 1 amide bonds. The van der Waals surface area contributed by atoms with Crippen LogP contribution in [0.3, 0.4) is 0 Å². The lowest BCUT2D eigenvalue weighted by atomic mass is 10.0. The Balaban J connectivity index is 1.68. The number of rotatable bonds is 4. The first kappa shape index (κ1) is 15.0. The molecule has 0 fully saturated rings. The molecule has 1 aliphatic heterocycles. The van der Waals surface area contributed by atoms with Gasteiger partial charge < -0.3 is 10.2 Å². The Labute approximate surface area is 131 Å². The third kappa shape index (κ3) is 3.27. The molecular formula is C16H16F2N2OS. The van der Waals surface area contributed by atoms with Gasteiger partial charge in [0.2, 0.25) is 5.91 Å². The Morgan fingerprint density at radius 2 is 2.23 bits per heavy atom. The molecule has 0 radical (unpaired) electrons. The van der Waals surface area contributed by atoms with Crippen LogP contribution in [0.25, 0.3) is 0 Å². The van der Waals surface area contributed by atoms with E-state index in [0.717, 1.165) is 17.4 Å². The third-order valence-corrected chi connectivity index (χ3v) is 4.55. The van der Waals surface area contributed by atoms with E-state index in [1.165, 1.54) is 6.07 Å². The van der Waals surface area contributed by atoms with Crippen LogP contribution in [0.2, 0.25) is 0 Å². The first-order valence-electron chi connectivity index (χ1n) is 7.15. The van der Waals surface area contributed by atoms with E-state index in [0.29, 0.717) is 30.8 Å². The summed E-state index contributed by atoms with van der Waals surface area (Å²) in [6, 6.07) is 6.11. The number of halogens is 2. The summed E-state index contributed by atoms with van der Waals surface area (Å²) in [7, 11) is 0. The highest BCUT2D eigenvalue weighted by Crippen LogP contribution is 2.30. The van der Waals surface area contributed by atoms with Crippen LogP contribution < -0.4 is 10.2 Å². The van der Waals surface area contributed by atoms with Crippen molar-refractivity contribution in [1.82, 2.24) is 5.32 Å². The molecule has 0 spiro atoms. The molecule has 0 atom stereocenters. The van der Waals surface area contributed by atoms with Crippen molar-refractivity contribution in [2.75, 3.05) is 18.0 Å². The first-order valence-corrected chi connectivity index (χ1v) is 8.03. The van der Waals surface area contributed by atoms with Crippen LogP contribution in [0.4, 0.5) is 14.5 Å². The van der Waals surface area contributed by atoms with Crippen LogP contribution in [0.5, 0.6) is 0 Å². The van der Waals surface area contributed by atoms with Gasteiger partial charge in [0.05, 0.1) is 18.8 Å². The molecule has 0 saturated carbocycles. The average molecular weight is 322 g/mol. The van der Waals surface area contributed by atoms with Crippen molar-refractivity contribution in [3.63, 3.8) is 0 Å². The molecule has 1 aliphatic rings. The van der Waals surface area contributed by atoms with Crippen LogP contribution >= 0.6 is 11.3 Å².